The van der Waals surface area contributed by atoms with Crippen LogP contribution < -0.4 is 16.0 Å². The van der Waals surface area contributed by atoms with Gasteiger partial charge < -0.3 is 16.2 Å². The van der Waals surface area contributed by atoms with Crippen LogP contribution in [-0.2, 0) is 11.8 Å². The van der Waals surface area contributed by atoms with Crippen molar-refractivity contribution in [2.75, 3.05) is 40.4 Å². The summed E-state index contributed by atoms with van der Waals surface area (Å²) in [5.74, 6) is 2.70. The molecule has 0 saturated carbocycles. The third-order valence-corrected chi connectivity index (χ3v) is 9.03. The van der Waals surface area contributed by atoms with Crippen LogP contribution in [-0.4, -0.2) is 67.7 Å². The van der Waals surface area contributed by atoms with E-state index in [-0.39, 0.29) is 11.4 Å². The molecule has 2 aliphatic rings. The molecule has 0 aliphatic carbocycles. The molecule has 3 heterocycles. The van der Waals surface area contributed by atoms with E-state index in [1.165, 1.54) is 21.1 Å². The van der Waals surface area contributed by atoms with Crippen LogP contribution >= 0.6 is 11.3 Å². The predicted molar refractivity (Wildman–Crippen MR) is 136 cm³/mol. The molecule has 0 spiro atoms. The van der Waals surface area contributed by atoms with Crippen molar-refractivity contribution in [1.29, 1.82) is 0 Å². The van der Waals surface area contributed by atoms with E-state index >= 15 is 0 Å². The largest absolute Gasteiger partial charge is 0.384 e. The maximum absolute atomic E-state index is 5.70. The van der Waals surface area contributed by atoms with Gasteiger partial charge in [-0.1, -0.05) is 23.5 Å². The van der Waals surface area contributed by atoms with Gasteiger partial charge in [0.15, 0.2) is 5.96 Å². The smallest absolute Gasteiger partial charge is 0.253 e. The number of hydrogen-bond donors (Lipinski definition) is 2. The Morgan fingerprint density at radius 3 is 2.64 bits per heavy atom. The number of aromatic nitrogens is 1. The summed E-state index contributed by atoms with van der Waals surface area (Å²) in [6.45, 7) is 8.44. The lowest BCUT2D eigenvalue weighted by molar-refractivity contribution is -0.668. The number of nitrogens with zero attached hydrogens (tertiary/aromatic N) is 4. The number of aryl methyl sites for hydroxylation is 1. The van der Waals surface area contributed by atoms with Crippen LogP contribution in [0.1, 0.15) is 44.0 Å². The summed E-state index contributed by atoms with van der Waals surface area (Å²) < 4.78 is 12.1. The van der Waals surface area contributed by atoms with Crippen LogP contribution in [0.3, 0.4) is 0 Å². The molecule has 0 radical (unpaired) electrons. The summed E-state index contributed by atoms with van der Waals surface area (Å²) >= 11 is 1.95. The van der Waals surface area contributed by atoms with E-state index in [0.29, 0.717) is 24.4 Å². The molecule has 2 aromatic rings. The number of ether oxygens (including phenoxy) is 1. The Labute approximate surface area is 201 Å². The molecule has 2 aliphatic heterocycles. The summed E-state index contributed by atoms with van der Waals surface area (Å²) in [4.78, 5) is 6.68. The fraction of sp³-hybridized carbons (Fsp3) is 0.640. The van der Waals surface area contributed by atoms with E-state index < -0.39 is 0 Å². The summed E-state index contributed by atoms with van der Waals surface area (Å²) in [6.07, 6.45) is 3.24. The molecular weight excluding hydrogens is 432 g/mol. The lowest BCUT2D eigenvalue weighted by Gasteiger charge is -2.31. The van der Waals surface area contributed by atoms with Gasteiger partial charge in [-0.3, -0.25) is 14.5 Å². The maximum atomic E-state index is 5.70. The number of benzene rings is 1. The van der Waals surface area contributed by atoms with Crippen molar-refractivity contribution in [1.82, 2.24) is 4.90 Å². The molecule has 1 aromatic heterocycles. The zero-order chi connectivity index (χ0) is 23.8. The number of likely N-dealkylation sites (tertiary alicyclic amines) is 1. The standard InChI is InChI=1S/C25H40N6OS/c1-25(2)18(16-32-5)19(10-8-9-13-28-24(26)27)30(4)23(25)31-14-17(15-31)22-29(3)20-11-6-7-12-21(20)33-22/h6-7,11-12,17-19H,8-10,13-16H2,1-5H3,(H4,26,27,28)/q+2. The van der Waals surface area contributed by atoms with Gasteiger partial charge in [-0.25, -0.2) is 0 Å². The van der Waals surface area contributed by atoms with Crippen LogP contribution in [0.25, 0.3) is 10.2 Å². The molecule has 7 nitrogen and oxygen atoms in total. The number of para-hydroxylation sites is 1. The van der Waals surface area contributed by atoms with Crippen molar-refractivity contribution in [3.05, 3.63) is 29.3 Å². The Morgan fingerprint density at radius 1 is 1.24 bits per heavy atom. The van der Waals surface area contributed by atoms with Gasteiger partial charge in [0, 0.05) is 25.6 Å². The van der Waals surface area contributed by atoms with Gasteiger partial charge in [0.05, 0.1) is 19.1 Å². The first kappa shape index (κ1) is 24.0. The van der Waals surface area contributed by atoms with E-state index in [1.807, 2.05) is 18.4 Å². The minimum Gasteiger partial charge on any atom is -0.384 e. The highest BCUT2D eigenvalue weighted by Crippen LogP contribution is 2.44. The van der Waals surface area contributed by atoms with E-state index in [4.69, 9.17) is 16.2 Å². The summed E-state index contributed by atoms with van der Waals surface area (Å²) in [5, 5.41) is 1.48. The number of rotatable bonds is 8. The minimum absolute atomic E-state index is 0.0720. The number of methoxy groups -OCH3 is 1. The fourth-order valence-electron chi connectivity index (χ4n) is 6.01. The number of aliphatic imine (C=N–C) groups is 1. The van der Waals surface area contributed by atoms with Gasteiger partial charge in [-0.05, 0) is 39.2 Å². The van der Waals surface area contributed by atoms with Gasteiger partial charge in [0.25, 0.3) is 5.84 Å². The van der Waals surface area contributed by atoms with Crippen LogP contribution in [0, 0.1) is 11.3 Å². The first-order valence-corrected chi connectivity index (χ1v) is 12.8. The Morgan fingerprint density at radius 2 is 1.97 bits per heavy atom. The number of guanidine groups is 1. The van der Waals surface area contributed by atoms with Crippen molar-refractivity contribution >= 4 is 33.3 Å². The highest BCUT2D eigenvalue weighted by Gasteiger charge is 2.58. The van der Waals surface area contributed by atoms with Gasteiger partial charge >= 0.3 is 0 Å². The third kappa shape index (κ3) is 4.47. The van der Waals surface area contributed by atoms with Crippen molar-refractivity contribution in [3.8, 4) is 0 Å². The second-order valence-electron chi connectivity index (χ2n) is 10.2. The van der Waals surface area contributed by atoms with E-state index in [9.17, 15) is 0 Å². The average molecular weight is 473 g/mol. The number of thiazole rings is 1. The Balaban J connectivity index is 1.51. The Kier molecular flexibility index (Phi) is 6.96. The zero-order valence-electron chi connectivity index (χ0n) is 20.8. The monoisotopic (exact) mass is 472 g/mol. The van der Waals surface area contributed by atoms with Crippen molar-refractivity contribution < 1.29 is 13.9 Å². The lowest BCUT2D eigenvalue weighted by atomic mass is 9.77. The molecule has 0 amide bonds. The van der Waals surface area contributed by atoms with Gasteiger partial charge in [0.2, 0.25) is 10.5 Å². The molecule has 33 heavy (non-hydrogen) atoms. The van der Waals surface area contributed by atoms with Gasteiger partial charge in [0.1, 0.15) is 36.8 Å². The minimum atomic E-state index is 0.0720. The number of nitrogens with two attached hydrogens (primary N) is 2. The van der Waals surface area contributed by atoms with E-state index in [1.54, 1.807) is 0 Å². The van der Waals surface area contributed by atoms with Crippen molar-refractivity contribution in [2.24, 2.45) is 34.8 Å². The first-order valence-electron chi connectivity index (χ1n) is 12.0. The SMILES string of the molecule is COCC1C(CCCCN=C(N)N)N(C)C(=[N+]2CC(c3sc4ccccc4[n+]3C)C2)C1(C)C. The lowest BCUT2D eigenvalue weighted by Crippen LogP contribution is -2.51. The average Bonchev–Trinajstić information content (AvgIpc) is 3.15. The first-order chi connectivity index (χ1) is 15.8. The number of amidine groups is 1. The van der Waals surface area contributed by atoms with E-state index in [0.717, 1.165) is 39.0 Å². The van der Waals surface area contributed by atoms with Crippen LogP contribution in [0.5, 0.6) is 0 Å². The van der Waals surface area contributed by atoms with Gasteiger partial charge in [-0.15, -0.1) is 0 Å². The maximum Gasteiger partial charge on any atom is 0.253 e. The summed E-state index contributed by atoms with van der Waals surface area (Å²) in [7, 11) is 6.31. The van der Waals surface area contributed by atoms with Crippen molar-refractivity contribution in [2.45, 2.75) is 45.1 Å². The molecule has 2 saturated heterocycles. The van der Waals surface area contributed by atoms with Crippen LogP contribution in [0.4, 0.5) is 0 Å². The molecule has 1 aromatic carbocycles. The molecule has 0 bridgehead atoms. The Bertz CT molecular complexity index is 1050. The fourth-order valence-corrected chi connectivity index (χ4v) is 7.24. The zero-order valence-corrected chi connectivity index (χ0v) is 21.6. The molecule has 2 unspecified atom stereocenters. The number of fused-ring (bicyclic) bond motifs is 1. The van der Waals surface area contributed by atoms with Gasteiger partial charge in [-0.2, -0.15) is 4.57 Å². The topological polar surface area (TPSA) is 83.8 Å². The second-order valence-corrected chi connectivity index (χ2v) is 11.2. The van der Waals surface area contributed by atoms with E-state index in [2.05, 4.69) is 71.2 Å². The summed E-state index contributed by atoms with van der Waals surface area (Å²) in [6, 6.07) is 9.19. The second kappa shape index (κ2) is 9.58. The highest BCUT2D eigenvalue weighted by atomic mass is 32.1. The van der Waals surface area contributed by atoms with Crippen LogP contribution in [0.15, 0.2) is 29.3 Å². The molecule has 8 heteroatoms. The normalized spacial score (nSPS) is 24.4. The quantitative estimate of drug-likeness (QED) is 0.267. The molecular formula is C25H40N6OS+2. The number of unbranched alkanes of at least 4 members (excludes halogenated alkanes) is 1. The highest BCUT2D eigenvalue weighted by molar-refractivity contribution is 7.18. The van der Waals surface area contributed by atoms with Crippen molar-refractivity contribution in [3.63, 3.8) is 0 Å². The Hall–Kier alpha value is -2.19. The molecule has 4 rings (SSSR count). The number of hydrogen-bond acceptors (Lipinski definition) is 3. The molecule has 2 fully saturated rings. The molecule has 4 N–H and O–H groups in total. The molecule has 180 valence electrons. The summed E-state index contributed by atoms with van der Waals surface area (Å²) in [5.41, 5.74) is 12.3. The molecule has 2 atom stereocenters. The third-order valence-electron chi connectivity index (χ3n) is 7.65. The predicted octanol–water partition coefficient (Wildman–Crippen LogP) is 2.28. The van der Waals surface area contributed by atoms with Crippen LogP contribution in [0.2, 0.25) is 0 Å².